The van der Waals surface area contributed by atoms with Crippen LogP contribution in [-0.2, 0) is 4.79 Å². The van der Waals surface area contributed by atoms with Crippen LogP contribution < -0.4 is 0 Å². The van der Waals surface area contributed by atoms with Crippen LogP contribution in [-0.4, -0.2) is 35.1 Å². The molecule has 0 saturated heterocycles. The van der Waals surface area contributed by atoms with Gasteiger partial charge >= 0.3 is 5.97 Å². The molecule has 0 spiro atoms. The second-order valence-corrected chi connectivity index (χ2v) is 2.96. The maximum atomic E-state index is 10.9. The van der Waals surface area contributed by atoms with Crippen LogP contribution in [0.4, 0.5) is 0 Å². The number of hydrogen-bond acceptors (Lipinski definition) is 3. The summed E-state index contributed by atoms with van der Waals surface area (Å²) in [6.07, 6.45) is 1.59. The van der Waals surface area contributed by atoms with Crippen molar-refractivity contribution in [1.82, 2.24) is 9.88 Å². The number of aliphatic carboxylic acids is 1. The smallest absolute Gasteiger partial charge is 0.327 e. The van der Waals surface area contributed by atoms with E-state index >= 15 is 0 Å². The van der Waals surface area contributed by atoms with E-state index in [2.05, 4.69) is 4.98 Å². The third-order valence-electron chi connectivity index (χ3n) is 1.72. The first-order valence-corrected chi connectivity index (χ1v) is 3.93. The van der Waals surface area contributed by atoms with Gasteiger partial charge in [-0.05, 0) is 26.2 Å². The van der Waals surface area contributed by atoms with Crippen LogP contribution in [0.25, 0.3) is 0 Å². The molecule has 0 unspecified atom stereocenters. The van der Waals surface area contributed by atoms with Gasteiger partial charge in [0.2, 0.25) is 0 Å². The van der Waals surface area contributed by atoms with Crippen LogP contribution in [0.3, 0.4) is 0 Å². The summed E-state index contributed by atoms with van der Waals surface area (Å²) in [6, 6.07) is 4.58. The Morgan fingerprint density at radius 2 is 2.23 bits per heavy atom. The molecule has 0 fully saturated rings. The molecule has 0 aliphatic heterocycles. The molecule has 1 aromatic rings. The second-order valence-electron chi connectivity index (χ2n) is 2.96. The van der Waals surface area contributed by atoms with E-state index < -0.39 is 12.0 Å². The van der Waals surface area contributed by atoms with Crippen LogP contribution in [0.15, 0.2) is 24.4 Å². The van der Waals surface area contributed by atoms with Crippen molar-refractivity contribution >= 4 is 5.97 Å². The summed E-state index contributed by atoms with van der Waals surface area (Å²) in [4.78, 5) is 16.5. The highest BCUT2D eigenvalue weighted by molar-refractivity contribution is 5.74. The average molecular weight is 180 g/mol. The Morgan fingerprint density at radius 1 is 1.54 bits per heavy atom. The number of rotatable bonds is 3. The van der Waals surface area contributed by atoms with Gasteiger partial charge in [-0.1, -0.05) is 6.07 Å². The zero-order chi connectivity index (χ0) is 9.84. The Balaban J connectivity index is 2.96. The highest BCUT2D eigenvalue weighted by Crippen LogP contribution is 2.14. The molecule has 0 aliphatic rings. The number of likely N-dealkylation sites (N-methyl/N-ethyl adjacent to an activating group) is 1. The van der Waals surface area contributed by atoms with Gasteiger partial charge in [-0.2, -0.15) is 0 Å². The van der Waals surface area contributed by atoms with E-state index in [9.17, 15) is 4.79 Å². The molecule has 1 rings (SSSR count). The minimum atomic E-state index is -0.885. The van der Waals surface area contributed by atoms with Crippen LogP contribution in [0.2, 0.25) is 0 Å². The molecule has 1 aromatic heterocycles. The second kappa shape index (κ2) is 4.00. The SMILES string of the molecule is CN(C)[C@H](C(=O)O)c1ccccn1. The number of carboxylic acids is 1. The molecule has 1 heterocycles. The Morgan fingerprint density at radius 3 is 2.62 bits per heavy atom. The Labute approximate surface area is 76.8 Å². The van der Waals surface area contributed by atoms with Crippen LogP contribution in [0, 0.1) is 0 Å². The van der Waals surface area contributed by atoms with Gasteiger partial charge in [-0.25, -0.2) is 0 Å². The lowest BCUT2D eigenvalue weighted by Gasteiger charge is -2.18. The van der Waals surface area contributed by atoms with Gasteiger partial charge in [0.05, 0.1) is 5.69 Å². The highest BCUT2D eigenvalue weighted by Gasteiger charge is 2.22. The van der Waals surface area contributed by atoms with E-state index in [0.29, 0.717) is 5.69 Å². The van der Waals surface area contributed by atoms with E-state index in [-0.39, 0.29) is 0 Å². The van der Waals surface area contributed by atoms with Gasteiger partial charge < -0.3 is 5.11 Å². The summed E-state index contributed by atoms with van der Waals surface area (Å²) < 4.78 is 0. The quantitative estimate of drug-likeness (QED) is 0.746. The van der Waals surface area contributed by atoms with Gasteiger partial charge in [0, 0.05) is 6.20 Å². The van der Waals surface area contributed by atoms with Crippen molar-refractivity contribution in [2.45, 2.75) is 6.04 Å². The zero-order valence-electron chi connectivity index (χ0n) is 7.64. The minimum Gasteiger partial charge on any atom is -0.480 e. The lowest BCUT2D eigenvalue weighted by Crippen LogP contribution is -2.28. The van der Waals surface area contributed by atoms with Gasteiger partial charge in [-0.3, -0.25) is 14.7 Å². The molecule has 0 radical (unpaired) electrons. The molecule has 4 heteroatoms. The standard InChI is InChI=1S/C9H12N2O2/c1-11(2)8(9(12)13)7-5-3-4-6-10-7/h3-6,8H,1-2H3,(H,12,13)/t8-/m0/s1. The summed E-state index contributed by atoms with van der Waals surface area (Å²) in [5.41, 5.74) is 0.556. The number of carbonyl (C=O) groups is 1. The predicted octanol–water partition coefficient (Wildman–Crippen LogP) is 0.769. The van der Waals surface area contributed by atoms with E-state index in [4.69, 9.17) is 5.11 Å². The maximum Gasteiger partial charge on any atom is 0.327 e. The summed E-state index contributed by atoms with van der Waals surface area (Å²) in [6.45, 7) is 0. The monoisotopic (exact) mass is 180 g/mol. The fraction of sp³-hybridized carbons (Fsp3) is 0.333. The molecule has 0 amide bonds. The van der Waals surface area contributed by atoms with Gasteiger partial charge in [0.1, 0.15) is 0 Å². The normalized spacial score (nSPS) is 12.8. The van der Waals surface area contributed by atoms with E-state index in [0.717, 1.165) is 0 Å². The van der Waals surface area contributed by atoms with Gasteiger partial charge in [0.15, 0.2) is 6.04 Å². The van der Waals surface area contributed by atoms with Crippen LogP contribution in [0.1, 0.15) is 11.7 Å². The molecule has 1 atom stereocenters. The summed E-state index contributed by atoms with van der Waals surface area (Å²) in [7, 11) is 3.43. The van der Waals surface area contributed by atoms with Crippen molar-refractivity contribution < 1.29 is 9.90 Å². The van der Waals surface area contributed by atoms with E-state index in [1.807, 2.05) is 0 Å². The minimum absolute atomic E-state index is 0.556. The molecule has 0 aromatic carbocycles. The fourth-order valence-corrected chi connectivity index (χ4v) is 1.15. The molecule has 0 aliphatic carbocycles. The van der Waals surface area contributed by atoms with Crippen molar-refractivity contribution in [3.8, 4) is 0 Å². The first kappa shape index (κ1) is 9.67. The topological polar surface area (TPSA) is 53.4 Å². The average Bonchev–Trinajstić information content (AvgIpc) is 2.04. The highest BCUT2D eigenvalue weighted by atomic mass is 16.4. The fourth-order valence-electron chi connectivity index (χ4n) is 1.15. The zero-order valence-corrected chi connectivity index (χ0v) is 7.64. The van der Waals surface area contributed by atoms with Crippen molar-refractivity contribution in [3.05, 3.63) is 30.1 Å². The largest absolute Gasteiger partial charge is 0.480 e. The third-order valence-corrected chi connectivity index (χ3v) is 1.72. The number of aromatic nitrogens is 1. The lowest BCUT2D eigenvalue weighted by atomic mass is 10.2. The van der Waals surface area contributed by atoms with E-state index in [1.165, 1.54) is 0 Å². The molecular weight excluding hydrogens is 168 g/mol. The van der Waals surface area contributed by atoms with Crippen LogP contribution in [0.5, 0.6) is 0 Å². The van der Waals surface area contributed by atoms with E-state index in [1.54, 1.807) is 43.4 Å². The first-order valence-electron chi connectivity index (χ1n) is 3.93. The summed E-state index contributed by atoms with van der Waals surface area (Å²) >= 11 is 0. The van der Waals surface area contributed by atoms with Gasteiger partial charge in [0.25, 0.3) is 0 Å². The number of nitrogens with zero attached hydrogens (tertiary/aromatic N) is 2. The Bertz CT molecular complexity index is 285. The number of hydrogen-bond donors (Lipinski definition) is 1. The molecule has 4 nitrogen and oxygen atoms in total. The predicted molar refractivity (Wildman–Crippen MR) is 48.3 cm³/mol. The van der Waals surface area contributed by atoms with Crippen LogP contribution >= 0.6 is 0 Å². The molecule has 1 N–H and O–H groups in total. The summed E-state index contributed by atoms with van der Waals surface area (Å²) in [5, 5.41) is 8.92. The maximum absolute atomic E-state index is 10.9. The van der Waals surface area contributed by atoms with Crippen molar-refractivity contribution in [2.24, 2.45) is 0 Å². The molecule has 70 valence electrons. The first-order chi connectivity index (χ1) is 6.13. The van der Waals surface area contributed by atoms with Crippen molar-refractivity contribution in [1.29, 1.82) is 0 Å². The Kier molecular flexibility index (Phi) is 2.97. The number of pyridine rings is 1. The van der Waals surface area contributed by atoms with Gasteiger partial charge in [-0.15, -0.1) is 0 Å². The molecule has 0 bridgehead atoms. The Hall–Kier alpha value is -1.42. The molecule has 13 heavy (non-hydrogen) atoms. The third kappa shape index (κ3) is 2.26. The number of carboxylic acid groups (broad SMARTS) is 1. The molecule has 0 saturated carbocycles. The molecular formula is C9H12N2O2. The van der Waals surface area contributed by atoms with Crippen molar-refractivity contribution in [2.75, 3.05) is 14.1 Å². The summed E-state index contributed by atoms with van der Waals surface area (Å²) in [5.74, 6) is -0.885. The van der Waals surface area contributed by atoms with Crippen molar-refractivity contribution in [3.63, 3.8) is 0 Å². The lowest BCUT2D eigenvalue weighted by molar-refractivity contribution is -0.142.